The molecule has 0 saturated carbocycles. The van der Waals surface area contributed by atoms with Crippen LogP contribution in [0.1, 0.15) is 5.69 Å². The largest absolute Gasteiger partial charge is 0.278 e. The molecule has 0 aliphatic rings. The Hall–Kier alpha value is -1.89. The quantitative estimate of drug-likeness (QED) is 0.595. The number of aromatic nitrogens is 3. The third-order valence-corrected chi connectivity index (χ3v) is 1.44. The highest BCUT2D eigenvalue weighted by atomic mass is 15.1. The topological polar surface area (TPSA) is 65.4 Å². The van der Waals surface area contributed by atoms with E-state index in [-0.39, 0.29) is 0 Å². The van der Waals surface area contributed by atoms with Crippen molar-refractivity contribution in [1.29, 1.82) is 5.26 Å². The van der Waals surface area contributed by atoms with Crippen molar-refractivity contribution >= 4 is 10.9 Å². The van der Waals surface area contributed by atoms with Gasteiger partial charge in [0, 0.05) is 17.6 Å². The average Bonchev–Trinajstić information content (AvgIpc) is 2.50. The Morgan fingerprint density at radius 3 is 3.18 bits per heavy atom. The van der Waals surface area contributed by atoms with Gasteiger partial charge in [-0.1, -0.05) is 0 Å². The number of aromatic amines is 1. The third kappa shape index (κ3) is 0.829. The molecule has 52 valence electrons. The zero-order valence-corrected chi connectivity index (χ0v) is 5.57. The van der Waals surface area contributed by atoms with E-state index in [4.69, 9.17) is 5.26 Å². The number of hydrogen-bond acceptors (Lipinski definition) is 3. The van der Waals surface area contributed by atoms with Gasteiger partial charge >= 0.3 is 0 Å². The molecule has 2 aromatic rings. The summed E-state index contributed by atoms with van der Waals surface area (Å²) in [5, 5.41) is 16.0. The van der Waals surface area contributed by atoms with Crippen LogP contribution in [0.4, 0.5) is 0 Å². The molecular weight excluding hydrogens is 140 g/mol. The highest BCUT2D eigenvalue weighted by Crippen LogP contribution is 2.08. The Labute approximate surface area is 62.5 Å². The first-order chi connectivity index (χ1) is 5.40. The van der Waals surface area contributed by atoms with Crippen LogP contribution in [-0.2, 0) is 0 Å². The Balaban J connectivity index is 2.79. The number of nitriles is 1. The fourth-order valence-corrected chi connectivity index (χ4v) is 0.898. The Morgan fingerprint density at radius 2 is 2.36 bits per heavy atom. The van der Waals surface area contributed by atoms with Crippen LogP contribution in [0.5, 0.6) is 0 Å². The number of pyridine rings is 1. The second kappa shape index (κ2) is 2.06. The van der Waals surface area contributed by atoms with E-state index in [0.717, 1.165) is 10.9 Å². The van der Waals surface area contributed by atoms with E-state index in [0.29, 0.717) is 5.69 Å². The molecule has 0 spiro atoms. The summed E-state index contributed by atoms with van der Waals surface area (Å²) in [6.45, 7) is 0. The van der Waals surface area contributed by atoms with Crippen LogP contribution in [0.3, 0.4) is 0 Å². The number of fused-ring (bicyclic) bond motifs is 1. The molecule has 11 heavy (non-hydrogen) atoms. The lowest BCUT2D eigenvalue weighted by Gasteiger charge is -1.86. The van der Waals surface area contributed by atoms with E-state index in [2.05, 4.69) is 15.2 Å². The minimum atomic E-state index is 0.404. The zero-order chi connectivity index (χ0) is 7.68. The summed E-state index contributed by atoms with van der Waals surface area (Å²) >= 11 is 0. The molecule has 2 rings (SSSR count). The van der Waals surface area contributed by atoms with Crippen LogP contribution in [0, 0.1) is 11.3 Å². The fourth-order valence-electron chi connectivity index (χ4n) is 0.898. The summed E-state index contributed by atoms with van der Waals surface area (Å²) in [6, 6.07) is 3.62. The van der Waals surface area contributed by atoms with Crippen molar-refractivity contribution in [3.63, 3.8) is 0 Å². The normalized spacial score (nSPS) is 9.73. The van der Waals surface area contributed by atoms with Crippen LogP contribution in [-0.4, -0.2) is 15.2 Å². The number of rotatable bonds is 0. The number of nitrogens with one attached hydrogen (secondary N) is 1. The van der Waals surface area contributed by atoms with Gasteiger partial charge in [0.15, 0.2) is 0 Å². The molecule has 1 N–H and O–H groups in total. The molecule has 4 nitrogen and oxygen atoms in total. The zero-order valence-electron chi connectivity index (χ0n) is 5.57. The minimum Gasteiger partial charge on any atom is -0.278 e. The highest BCUT2D eigenvalue weighted by Gasteiger charge is 1.96. The summed E-state index contributed by atoms with van der Waals surface area (Å²) in [4.78, 5) is 3.88. The number of H-pyrrole nitrogens is 1. The van der Waals surface area contributed by atoms with Crippen molar-refractivity contribution in [3.05, 3.63) is 24.2 Å². The van der Waals surface area contributed by atoms with Gasteiger partial charge in [-0.25, -0.2) is 4.98 Å². The van der Waals surface area contributed by atoms with Gasteiger partial charge in [0.25, 0.3) is 0 Å². The minimum absolute atomic E-state index is 0.404. The van der Waals surface area contributed by atoms with E-state index in [1.165, 1.54) is 0 Å². The second-order valence-corrected chi connectivity index (χ2v) is 2.14. The van der Waals surface area contributed by atoms with Gasteiger partial charge < -0.3 is 0 Å². The third-order valence-electron chi connectivity index (χ3n) is 1.44. The van der Waals surface area contributed by atoms with Crippen LogP contribution in [0.2, 0.25) is 0 Å². The highest BCUT2D eigenvalue weighted by molar-refractivity contribution is 5.77. The van der Waals surface area contributed by atoms with Gasteiger partial charge in [0.1, 0.15) is 11.8 Å². The molecule has 0 aliphatic carbocycles. The number of nitrogens with zero attached hydrogens (tertiary/aromatic N) is 3. The molecule has 0 saturated heterocycles. The molecule has 0 fully saturated rings. The van der Waals surface area contributed by atoms with Gasteiger partial charge in [0.05, 0.1) is 11.7 Å². The molecule has 0 aliphatic heterocycles. The summed E-state index contributed by atoms with van der Waals surface area (Å²) < 4.78 is 0. The molecule has 0 amide bonds. The van der Waals surface area contributed by atoms with Crippen LogP contribution in [0.25, 0.3) is 10.9 Å². The smallest absolute Gasteiger partial charge is 0.142 e. The molecular formula is C7H4N4. The standard InChI is InChI=1S/C7H4N4/c8-2-6-1-7-5(3-9-6)4-10-11-7/h1,3-4H,(H,10,11). The molecule has 0 unspecified atom stereocenters. The monoisotopic (exact) mass is 144 g/mol. The van der Waals surface area contributed by atoms with Crippen LogP contribution >= 0.6 is 0 Å². The SMILES string of the molecule is N#Cc1cc2[nH]ncc2cn1. The lowest BCUT2D eigenvalue weighted by molar-refractivity contribution is 1.12. The molecule has 4 heteroatoms. The van der Waals surface area contributed by atoms with Gasteiger partial charge in [-0.15, -0.1) is 0 Å². The average molecular weight is 144 g/mol. The lowest BCUT2D eigenvalue weighted by Crippen LogP contribution is -1.79. The maximum atomic E-state index is 8.49. The predicted octanol–water partition coefficient (Wildman–Crippen LogP) is 0.830. The lowest BCUT2D eigenvalue weighted by atomic mass is 10.3. The fraction of sp³-hybridized carbons (Fsp3) is 0. The molecule has 2 aromatic heterocycles. The van der Waals surface area contributed by atoms with Crippen molar-refractivity contribution in [2.45, 2.75) is 0 Å². The maximum absolute atomic E-state index is 8.49. The van der Waals surface area contributed by atoms with E-state index in [1.807, 2.05) is 6.07 Å². The maximum Gasteiger partial charge on any atom is 0.142 e. The first-order valence-corrected chi connectivity index (χ1v) is 3.09. The van der Waals surface area contributed by atoms with Crippen molar-refractivity contribution in [3.8, 4) is 6.07 Å². The Bertz CT molecular complexity index is 423. The van der Waals surface area contributed by atoms with Crippen molar-refractivity contribution in [2.24, 2.45) is 0 Å². The molecule has 2 heterocycles. The van der Waals surface area contributed by atoms with Crippen molar-refractivity contribution < 1.29 is 0 Å². The summed E-state index contributed by atoms with van der Waals surface area (Å²) in [5.41, 5.74) is 1.25. The van der Waals surface area contributed by atoms with Gasteiger partial charge in [-0.3, -0.25) is 5.10 Å². The van der Waals surface area contributed by atoms with Crippen molar-refractivity contribution in [1.82, 2.24) is 15.2 Å². The molecule has 0 atom stereocenters. The Morgan fingerprint density at radius 1 is 1.45 bits per heavy atom. The van der Waals surface area contributed by atoms with E-state index < -0.39 is 0 Å². The van der Waals surface area contributed by atoms with Crippen molar-refractivity contribution in [2.75, 3.05) is 0 Å². The second-order valence-electron chi connectivity index (χ2n) is 2.14. The Kier molecular flexibility index (Phi) is 1.10. The van der Waals surface area contributed by atoms with E-state index >= 15 is 0 Å². The molecule has 0 radical (unpaired) electrons. The van der Waals surface area contributed by atoms with Crippen LogP contribution < -0.4 is 0 Å². The number of hydrogen-bond donors (Lipinski definition) is 1. The van der Waals surface area contributed by atoms with Crippen LogP contribution in [0.15, 0.2) is 18.5 Å². The summed E-state index contributed by atoms with van der Waals surface area (Å²) in [7, 11) is 0. The van der Waals surface area contributed by atoms with E-state index in [1.54, 1.807) is 18.5 Å². The van der Waals surface area contributed by atoms with Gasteiger partial charge in [-0.2, -0.15) is 10.4 Å². The predicted molar refractivity (Wildman–Crippen MR) is 38.6 cm³/mol. The molecule has 0 aromatic carbocycles. The molecule has 0 bridgehead atoms. The van der Waals surface area contributed by atoms with Gasteiger partial charge in [-0.05, 0) is 0 Å². The first kappa shape index (κ1) is 5.86. The van der Waals surface area contributed by atoms with E-state index in [9.17, 15) is 0 Å². The summed E-state index contributed by atoms with van der Waals surface area (Å²) in [6.07, 6.45) is 3.29. The van der Waals surface area contributed by atoms with Gasteiger partial charge in [0.2, 0.25) is 0 Å². The first-order valence-electron chi connectivity index (χ1n) is 3.09. The summed E-state index contributed by atoms with van der Waals surface area (Å²) in [5.74, 6) is 0.